The van der Waals surface area contributed by atoms with Crippen LogP contribution in [0.15, 0.2) is 66.7 Å². The summed E-state index contributed by atoms with van der Waals surface area (Å²) < 4.78 is 10.6. The van der Waals surface area contributed by atoms with Gasteiger partial charge in [0.15, 0.2) is 0 Å². The summed E-state index contributed by atoms with van der Waals surface area (Å²) in [5, 5.41) is 14.2. The lowest BCUT2D eigenvalue weighted by Crippen LogP contribution is -2.47. The Hall–Kier alpha value is -3.88. The lowest BCUT2D eigenvalue weighted by atomic mass is 9.98. The number of carboxylic acid groups (broad SMARTS) is 1. The van der Waals surface area contributed by atoms with Gasteiger partial charge in [-0.3, -0.25) is 4.79 Å². The number of methoxy groups -OCH3 is 1. The number of hydrogen-bond donors (Lipinski definition) is 3. The highest BCUT2D eigenvalue weighted by Gasteiger charge is 2.30. The van der Waals surface area contributed by atoms with Crippen LogP contribution in [0.5, 0.6) is 0 Å². The van der Waals surface area contributed by atoms with Crippen molar-refractivity contribution in [1.82, 2.24) is 5.32 Å². The van der Waals surface area contributed by atoms with Crippen LogP contribution in [0, 0.1) is 0 Å². The highest BCUT2D eigenvalue weighted by molar-refractivity contribution is 6.34. The minimum Gasteiger partial charge on any atom is -0.478 e. The Bertz CT molecular complexity index is 1230. The smallest absolute Gasteiger partial charge is 0.407 e. The van der Waals surface area contributed by atoms with Gasteiger partial charge in [0.25, 0.3) is 0 Å². The maximum atomic E-state index is 12.8. The van der Waals surface area contributed by atoms with Gasteiger partial charge in [-0.25, -0.2) is 9.59 Å². The number of carboxylic acids is 1. The molecule has 0 spiro atoms. The number of aromatic carboxylic acids is 1. The topological polar surface area (TPSA) is 114 Å². The number of alkyl carbamates (subject to hydrolysis) is 1. The van der Waals surface area contributed by atoms with Gasteiger partial charge in [0.05, 0.1) is 22.9 Å². The van der Waals surface area contributed by atoms with Gasteiger partial charge >= 0.3 is 12.1 Å². The van der Waals surface area contributed by atoms with Crippen LogP contribution < -0.4 is 10.6 Å². The molecule has 180 valence electrons. The molecule has 35 heavy (non-hydrogen) atoms. The molecule has 1 aliphatic carbocycles. The Morgan fingerprint density at radius 3 is 2.20 bits per heavy atom. The molecular weight excluding hydrogens is 472 g/mol. The van der Waals surface area contributed by atoms with E-state index in [9.17, 15) is 14.4 Å². The quantitative estimate of drug-likeness (QED) is 0.424. The first-order valence-electron chi connectivity index (χ1n) is 10.8. The molecule has 0 heterocycles. The fourth-order valence-corrected chi connectivity index (χ4v) is 4.33. The summed E-state index contributed by atoms with van der Waals surface area (Å²) in [5.74, 6) is -1.85. The van der Waals surface area contributed by atoms with E-state index in [1.165, 1.54) is 25.3 Å². The molecule has 0 aromatic heterocycles. The van der Waals surface area contributed by atoms with Crippen LogP contribution in [-0.2, 0) is 14.3 Å². The molecule has 0 bridgehead atoms. The van der Waals surface area contributed by atoms with Crippen LogP contribution in [0.25, 0.3) is 11.1 Å². The van der Waals surface area contributed by atoms with E-state index < -0.39 is 24.0 Å². The van der Waals surface area contributed by atoms with Gasteiger partial charge in [-0.05, 0) is 40.5 Å². The molecule has 1 atom stereocenters. The molecule has 8 nitrogen and oxygen atoms in total. The number of anilines is 1. The predicted octanol–water partition coefficient (Wildman–Crippen LogP) is 4.53. The van der Waals surface area contributed by atoms with Crippen molar-refractivity contribution in [2.75, 3.05) is 25.6 Å². The highest BCUT2D eigenvalue weighted by Crippen LogP contribution is 2.44. The Morgan fingerprint density at radius 2 is 1.63 bits per heavy atom. The number of fused-ring (bicyclic) bond motifs is 3. The lowest BCUT2D eigenvalue weighted by Gasteiger charge is -2.19. The van der Waals surface area contributed by atoms with Crippen LogP contribution in [-0.4, -0.2) is 49.4 Å². The van der Waals surface area contributed by atoms with Crippen LogP contribution in [0.2, 0.25) is 5.02 Å². The Labute approximate surface area is 206 Å². The van der Waals surface area contributed by atoms with Gasteiger partial charge in [0, 0.05) is 13.0 Å². The molecule has 0 saturated carbocycles. The second kappa shape index (κ2) is 10.6. The molecule has 3 N–H and O–H groups in total. The molecule has 0 radical (unpaired) electrons. The van der Waals surface area contributed by atoms with Crippen molar-refractivity contribution in [2.24, 2.45) is 0 Å². The fraction of sp³-hybridized carbons (Fsp3) is 0.192. The zero-order chi connectivity index (χ0) is 24.9. The predicted molar refractivity (Wildman–Crippen MR) is 131 cm³/mol. The second-order valence-electron chi connectivity index (χ2n) is 7.97. The van der Waals surface area contributed by atoms with Crippen molar-refractivity contribution in [3.8, 4) is 11.1 Å². The summed E-state index contributed by atoms with van der Waals surface area (Å²) in [6.45, 7) is -0.00941. The molecular formula is C26H23ClN2O6. The number of nitrogens with one attached hydrogen (secondary N) is 2. The van der Waals surface area contributed by atoms with E-state index >= 15 is 0 Å². The van der Waals surface area contributed by atoms with Crippen LogP contribution in [0.1, 0.15) is 27.4 Å². The number of rotatable bonds is 8. The molecule has 2 amide bonds. The highest BCUT2D eigenvalue weighted by atomic mass is 35.5. The summed E-state index contributed by atoms with van der Waals surface area (Å²) in [6, 6.07) is 18.8. The summed E-state index contributed by atoms with van der Waals surface area (Å²) in [4.78, 5) is 36.4. The fourth-order valence-electron chi connectivity index (χ4n) is 4.10. The monoisotopic (exact) mass is 494 g/mol. The average Bonchev–Trinajstić information content (AvgIpc) is 3.17. The first-order valence-corrected chi connectivity index (χ1v) is 11.2. The largest absolute Gasteiger partial charge is 0.478 e. The van der Waals surface area contributed by atoms with Crippen molar-refractivity contribution in [3.05, 3.63) is 88.4 Å². The Morgan fingerprint density at radius 1 is 1.00 bits per heavy atom. The van der Waals surface area contributed by atoms with Crippen LogP contribution in [0.3, 0.4) is 0 Å². The van der Waals surface area contributed by atoms with E-state index in [1.807, 2.05) is 48.5 Å². The van der Waals surface area contributed by atoms with Crippen LogP contribution in [0.4, 0.5) is 10.5 Å². The SMILES string of the molecule is COCC(NC(=O)OCC1c2ccccc2-c2ccccc21)C(=O)Nc1ccc(C(=O)O)cc1Cl. The number of carbonyl (C=O) groups is 3. The van der Waals surface area contributed by atoms with E-state index in [1.54, 1.807) is 0 Å². The van der Waals surface area contributed by atoms with Crippen molar-refractivity contribution >= 4 is 35.3 Å². The number of hydrogen-bond acceptors (Lipinski definition) is 5. The third-order valence-corrected chi connectivity index (χ3v) is 6.07. The summed E-state index contributed by atoms with van der Waals surface area (Å²) in [6.07, 6.45) is -0.767. The van der Waals surface area contributed by atoms with E-state index in [2.05, 4.69) is 10.6 Å². The van der Waals surface area contributed by atoms with Gasteiger partial charge in [-0.1, -0.05) is 60.1 Å². The van der Waals surface area contributed by atoms with Gasteiger partial charge in [0.2, 0.25) is 5.91 Å². The summed E-state index contributed by atoms with van der Waals surface area (Å²) in [7, 11) is 1.40. The second-order valence-corrected chi connectivity index (χ2v) is 8.37. The molecule has 3 aromatic rings. The molecule has 0 saturated heterocycles. The number of carbonyl (C=O) groups excluding carboxylic acids is 2. The normalized spacial score (nSPS) is 12.9. The Kier molecular flexibility index (Phi) is 7.33. The van der Waals surface area contributed by atoms with Gasteiger partial charge in [0.1, 0.15) is 12.6 Å². The molecule has 0 aliphatic heterocycles. The van der Waals surface area contributed by atoms with Crippen molar-refractivity contribution < 1.29 is 29.0 Å². The van der Waals surface area contributed by atoms with E-state index in [-0.39, 0.29) is 35.4 Å². The third-order valence-electron chi connectivity index (χ3n) is 5.76. The zero-order valence-corrected chi connectivity index (χ0v) is 19.5. The van der Waals surface area contributed by atoms with Gasteiger partial charge in [-0.2, -0.15) is 0 Å². The maximum Gasteiger partial charge on any atom is 0.407 e. The van der Waals surface area contributed by atoms with Crippen molar-refractivity contribution in [2.45, 2.75) is 12.0 Å². The first kappa shape index (κ1) is 24.3. The maximum absolute atomic E-state index is 12.8. The lowest BCUT2D eigenvalue weighted by molar-refractivity contribution is -0.119. The standard InChI is InChI=1S/C26H23ClN2O6/c1-34-14-23(24(30)28-22-11-10-15(25(31)32)12-21(22)27)29-26(33)35-13-20-18-8-4-2-6-16(18)17-7-3-5-9-19(17)20/h2-12,20,23H,13-14H2,1H3,(H,28,30)(H,29,33)(H,31,32). The van der Waals surface area contributed by atoms with E-state index in [0.29, 0.717) is 0 Å². The molecule has 0 fully saturated rings. The minimum atomic E-state index is -1.14. The molecule has 9 heteroatoms. The molecule has 1 aliphatic rings. The minimum absolute atomic E-state index is 0.0156. The first-order chi connectivity index (χ1) is 16.9. The third kappa shape index (κ3) is 5.29. The van der Waals surface area contributed by atoms with Crippen molar-refractivity contribution in [1.29, 1.82) is 0 Å². The average molecular weight is 495 g/mol. The van der Waals surface area contributed by atoms with E-state index in [4.69, 9.17) is 26.2 Å². The molecule has 1 unspecified atom stereocenters. The number of benzene rings is 3. The zero-order valence-electron chi connectivity index (χ0n) is 18.8. The summed E-state index contributed by atoms with van der Waals surface area (Å²) in [5.41, 5.74) is 4.56. The molecule has 4 rings (SSSR count). The Balaban J connectivity index is 1.41. The number of amides is 2. The molecule has 3 aromatic carbocycles. The van der Waals surface area contributed by atoms with Gasteiger partial charge in [-0.15, -0.1) is 0 Å². The van der Waals surface area contributed by atoms with Crippen molar-refractivity contribution in [3.63, 3.8) is 0 Å². The van der Waals surface area contributed by atoms with E-state index in [0.717, 1.165) is 22.3 Å². The number of halogens is 1. The van der Waals surface area contributed by atoms with Crippen LogP contribution >= 0.6 is 11.6 Å². The number of ether oxygens (including phenoxy) is 2. The van der Waals surface area contributed by atoms with Gasteiger partial charge < -0.3 is 25.2 Å². The summed E-state index contributed by atoms with van der Waals surface area (Å²) >= 11 is 6.09.